The Hall–Kier alpha value is -1.98. The molecule has 1 N–H and O–H groups in total. The third-order valence-corrected chi connectivity index (χ3v) is 3.79. The maximum absolute atomic E-state index is 11.9. The molecule has 5 nitrogen and oxygen atoms in total. The van der Waals surface area contributed by atoms with Gasteiger partial charge in [-0.3, -0.25) is 9.59 Å². The number of carbonyl (C=O) groups is 2. The molecule has 0 spiro atoms. The standard InChI is InChI=1S/C16H15Cl2NO4/c1-10(16(21)19-9-11-4-3-7-22-11)23-15(20)8-12-13(17)5-2-6-14(12)18/h2-7,10H,8-9H2,1H3,(H,19,21)/t10-/m1/s1. The number of amides is 1. The van der Waals surface area contributed by atoms with Gasteiger partial charge in [0, 0.05) is 15.6 Å². The topological polar surface area (TPSA) is 68.5 Å². The molecule has 0 saturated carbocycles. The highest BCUT2D eigenvalue weighted by molar-refractivity contribution is 6.36. The number of halogens is 2. The monoisotopic (exact) mass is 355 g/mol. The summed E-state index contributed by atoms with van der Waals surface area (Å²) in [7, 11) is 0. The number of furan rings is 1. The zero-order valence-electron chi connectivity index (χ0n) is 12.3. The van der Waals surface area contributed by atoms with Crippen LogP contribution in [0.3, 0.4) is 0 Å². The molecule has 1 heterocycles. The van der Waals surface area contributed by atoms with E-state index in [-0.39, 0.29) is 13.0 Å². The Labute approximate surface area is 143 Å². The van der Waals surface area contributed by atoms with E-state index in [1.165, 1.54) is 13.2 Å². The summed E-state index contributed by atoms with van der Waals surface area (Å²) in [5.41, 5.74) is 0.476. The first-order chi connectivity index (χ1) is 11.0. The Bertz CT molecular complexity index is 665. The predicted molar refractivity (Wildman–Crippen MR) is 86.3 cm³/mol. The molecule has 0 bridgehead atoms. The highest BCUT2D eigenvalue weighted by Gasteiger charge is 2.19. The molecule has 0 radical (unpaired) electrons. The van der Waals surface area contributed by atoms with Crippen LogP contribution in [0, 0.1) is 0 Å². The van der Waals surface area contributed by atoms with Gasteiger partial charge in [0.15, 0.2) is 6.10 Å². The van der Waals surface area contributed by atoms with Crippen LogP contribution >= 0.6 is 23.2 Å². The lowest BCUT2D eigenvalue weighted by molar-refractivity contribution is -0.154. The molecule has 0 aliphatic rings. The van der Waals surface area contributed by atoms with Gasteiger partial charge in [-0.2, -0.15) is 0 Å². The Kier molecular flexibility index (Phi) is 6.07. The molecule has 2 rings (SSSR count). The van der Waals surface area contributed by atoms with E-state index in [1.54, 1.807) is 30.3 Å². The van der Waals surface area contributed by atoms with Gasteiger partial charge < -0.3 is 14.5 Å². The molecular formula is C16H15Cl2NO4. The van der Waals surface area contributed by atoms with Gasteiger partial charge in [-0.05, 0) is 31.2 Å². The fourth-order valence-electron chi connectivity index (χ4n) is 1.87. The lowest BCUT2D eigenvalue weighted by Gasteiger charge is -2.13. The largest absolute Gasteiger partial charge is 0.467 e. The zero-order chi connectivity index (χ0) is 16.8. The molecule has 7 heteroatoms. The van der Waals surface area contributed by atoms with Gasteiger partial charge >= 0.3 is 5.97 Å². The van der Waals surface area contributed by atoms with Crippen LogP contribution < -0.4 is 5.32 Å². The highest BCUT2D eigenvalue weighted by atomic mass is 35.5. The fourth-order valence-corrected chi connectivity index (χ4v) is 2.40. The van der Waals surface area contributed by atoms with Crippen molar-refractivity contribution in [2.45, 2.75) is 26.0 Å². The maximum Gasteiger partial charge on any atom is 0.311 e. The molecule has 0 saturated heterocycles. The lowest BCUT2D eigenvalue weighted by Crippen LogP contribution is -2.35. The number of esters is 1. The van der Waals surface area contributed by atoms with Crippen LogP contribution in [-0.4, -0.2) is 18.0 Å². The predicted octanol–water partition coefficient (Wildman–Crippen LogP) is 3.38. The first-order valence-electron chi connectivity index (χ1n) is 6.90. The van der Waals surface area contributed by atoms with Crippen molar-refractivity contribution in [2.24, 2.45) is 0 Å². The minimum absolute atomic E-state index is 0.103. The zero-order valence-corrected chi connectivity index (χ0v) is 13.9. The summed E-state index contributed by atoms with van der Waals surface area (Å²) >= 11 is 12.0. The molecular weight excluding hydrogens is 341 g/mol. The molecule has 0 aliphatic carbocycles. The van der Waals surface area contributed by atoms with Gasteiger partial charge in [0.2, 0.25) is 0 Å². The first kappa shape index (κ1) is 17.4. The molecule has 2 aromatic rings. The average Bonchev–Trinajstić information content (AvgIpc) is 3.02. The quantitative estimate of drug-likeness (QED) is 0.806. The number of benzene rings is 1. The van der Waals surface area contributed by atoms with Crippen LogP contribution in [0.4, 0.5) is 0 Å². The van der Waals surface area contributed by atoms with E-state index in [0.29, 0.717) is 21.4 Å². The number of carbonyl (C=O) groups excluding carboxylic acids is 2. The Morgan fingerprint density at radius 3 is 2.52 bits per heavy atom. The third kappa shape index (κ3) is 5.01. The number of hydrogen-bond acceptors (Lipinski definition) is 4. The SMILES string of the molecule is C[C@@H](OC(=O)Cc1c(Cl)cccc1Cl)C(=O)NCc1ccco1. The van der Waals surface area contributed by atoms with Gasteiger partial charge in [-0.15, -0.1) is 0 Å². The van der Waals surface area contributed by atoms with E-state index < -0.39 is 18.0 Å². The Morgan fingerprint density at radius 2 is 1.91 bits per heavy atom. The minimum Gasteiger partial charge on any atom is -0.467 e. The fraction of sp³-hybridized carbons (Fsp3) is 0.250. The minimum atomic E-state index is -0.932. The molecule has 0 aliphatic heterocycles. The molecule has 23 heavy (non-hydrogen) atoms. The molecule has 1 atom stereocenters. The summed E-state index contributed by atoms with van der Waals surface area (Å²) in [6.45, 7) is 1.72. The number of nitrogens with one attached hydrogen (secondary N) is 1. The van der Waals surface area contributed by atoms with Gasteiger partial charge in [0.05, 0.1) is 19.2 Å². The molecule has 1 aromatic carbocycles. The van der Waals surface area contributed by atoms with Crippen LogP contribution in [0.1, 0.15) is 18.2 Å². The van der Waals surface area contributed by atoms with Crippen molar-refractivity contribution < 1.29 is 18.7 Å². The van der Waals surface area contributed by atoms with E-state index >= 15 is 0 Å². The number of hydrogen-bond donors (Lipinski definition) is 1. The Balaban J connectivity index is 1.85. The lowest BCUT2D eigenvalue weighted by atomic mass is 10.1. The second-order valence-electron chi connectivity index (χ2n) is 4.81. The van der Waals surface area contributed by atoms with Crippen LogP contribution in [-0.2, 0) is 27.3 Å². The maximum atomic E-state index is 11.9. The van der Waals surface area contributed by atoms with E-state index in [9.17, 15) is 9.59 Å². The van der Waals surface area contributed by atoms with Crippen molar-refractivity contribution in [1.29, 1.82) is 0 Å². The smallest absolute Gasteiger partial charge is 0.311 e. The van der Waals surface area contributed by atoms with Crippen molar-refractivity contribution in [3.8, 4) is 0 Å². The van der Waals surface area contributed by atoms with Crippen molar-refractivity contribution in [2.75, 3.05) is 0 Å². The second-order valence-corrected chi connectivity index (χ2v) is 5.62. The average molecular weight is 356 g/mol. The van der Waals surface area contributed by atoms with Gasteiger partial charge in [0.1, 0.15) is 5.76 Å². The van der Waals surface area contributed by atoms with Crippen molar-refractivity contribution in [3.63, 3.8) is 0 Å². The van der Waals surface area contributed by atoms with Crippen LogP contribution in [0.5, 0.6) is 0 Å². The van der Waals surface area contributed by atoms with Gasteiger partial charge in [0.25, 0.3) is 5.91 Å². The summed E-state index contributed by atoms with van der Waals surface area (Å²) in [4.78, 5) is 23.8. The number of rotatable bonds is 6. The van der Waals surface area contributed by atoms with E-state index in [4.69, 9.17) is 32.4 Å². The molecule has 0 unspecified atom stereocenters. The van der Waals surface area contributed by atoms with E-state index in [0.717, 1.165) is 0 Å². The Morgan fingerprint density at radius 1 is 1.22 bits per heavy atom. The molecule has 122 valence electrons. The summed E-state index contributed by atoms with van der Waals surface area (Å²) in [6, 6.07) is 8.41. The van der Waals surface area contributed by atoms with Gasteiger partial charge in [-0.25, -0.2) is 0 Å². The van der Waals surface area contributed by atoms with Crippen molar-refractivity contribution >= 4 is 35.1 Å². The summed E-state index contributed by atoms with van der Waals surface area (Å²) < 4.78 is 10.2. The third-order valence-electron chi connectivity index (χ3n) is 3.08. The summed E-state index contributed by atoms with van der Waals surface area (Å²) in [5.74, 6) is -0.389. The normalized spacial score (nSPS) is 11.8. The van der Waals surface area contributed by atoms with Gasteiger partial charge in [-0.1, -0.05) is 29.3 Å². The van der Waals surface area contributed by atoms with Crippen LogP contribution in [0.2, 0.25) is 10.0 Å². The van der Waals surface area contributed by atoms with E-state index in [2.05, 4.69) is 5.32 Å². The number of ether oxygens (including phenoxy) is 1. The van der Waals surface area contributed by atoms with Crippen molar-refractivity contribution in [1.82, 2.24) is 5.32 Å². The van der Waals surface area contributed by atoms with Crippen LogP contribution in [0.25, 0.3) is 0 Å². The molecule has 1 amide bonds. The van der Waals surface area contributed by atoms with Crippen molar-refractivity contribution in [3.05, 3.63) is 58.0 Å². The van der Waals surface area contributed by atoms with E-state index in [1.807, 2.05) is 0 Å². The van der Waals surface area contributed by atoms with Crippen LogP contribution in [0.15, 0.2) is 41.0 Å². The second kappa shape index (κ2) is 8.04. The summed E-state index contributed by atoms with van der Waals surface area (Å²) in [5, 5.41) is 3.37. The summed E-state index contributed by atoms with van der Waals surface area (Å²) in [6.07, 6.45) is 0.478. The highest BCUT2D eigenvalue weighted by Crippen LogP contribution is 2.25. The molecule has 1 aromatic heterocycles. The first-order valence-corrected chi connectivity index (χ1v) is 7.65. The molecule has 0 fully saturated rings.